The number of aliphatic hydroxyl groups is 3. The maximum Gasteiger partial charge on any atom is 0.339 e. The molecule has 7 saturated carbocycles. The number of fused-ring (bicyclic) bond motifs is 5. The fourth-order valence-corrected chi connectivity index (χ4v) is 23.1. The van der Waals surface area contributed by atoms with Gasteiger partial charge in [0.25, 0.3) is 0 Å². The number of rotatable bonds is 10. The van der Waals surface area contributed by atoms with E-state index in [0.29, 0.717) is 55.7 Å². The van der Waals surface area contributed by atoms with E-state index in [1.54, 1.807) is 6.26 Å². The molecule has 13 nitrogen and oxygen atoms in total. The average Bonchev–Trinajstić information content (AvgIpc) is 1.61. The van der Waals surface area contributed by atoms with Crippen LogP contribution in [0.4, 0.5) is 0 Å². The second kappa shape index (κ2) is 18.7. The summed E-state index contributed by atoms with van der Waals surface area (Å²) in [4.78, 5) is 49.9. The number of aliphatic hydroxyl groups excluding tert-OH is 3. The number of nitrogens with zero attached hydrogens (tertiary/aromatic N) is 1. The third kappa shape index (κ3) is 7.10. The van der Waals surface area contributed by atoms with E-state index in [9.17, 15) is 15.3 Å². The summed E-state index contributed by atoms with van der Waals surface area (Å²) in [5, 5.41) is 40.4. The predicted octanol–water partition coefficient (Wildman–Crippen LogP) is 9.34. The van der Waals surface area contributed by atoms with Gasteiger partial charge in [0.1, 0.15) is 30.2 Å². The van der Waals surface area contributed by atoms with Crippen LogP contribution in [0, 0.1) is 80.3 Å². The van der Waals surface area contributed by atoms with E-state index in [-0.39, 0.29) is 65.9 Å². The number of carbonyl (C=O) groups excluding carboxylic acids is 3. The van der Waals surface area contributed by atoms with Crippen molar-refractivity contribution >= 4 is 17.7 Å². The Labute approximate surface area is 467 Å². The second-order valence-corrected chi connectivity index (χ2v) is 29.2. The topological polar surface area (TPSA) is 181 Å². The lowest BCUT2D eigenvalue weighted by molar-refractivity contribution is -0.286. The minimum absolute atomic E-state index is 0.0361. The lowest BCUT2D eigenvalue weighted by Gasteiger charge is -2.71. The van der Waals surface area contributed by atoms with Gasteiger partial charge >= 0.3 is 11.9 Å². The Bertz CT molecular complexity index is 2730. The van der Waals surface area contributed by atoms with Gasteiger partial charge in [-0.15, -0.1) is 0 Å². The van der Waals surface area contributed by atoms with E-state index in [1.807, 2.05) is 6.07 Å². The summed E-state index contributed by atoms with van der Waals surface area (Å²) in [6.07, 6.45) is 22.0. The van der Waals surface area contributed by atoms with Crippen LogP contribution in [-0.4, -0.2) is 106 Å². The molecular formula is C66H88N2O11. The Hall–Kier alpha value is -3.59. The molecule has 7 heterocycles. The van der Waals surface area contributed by atoms with E-state index >= 15 is 14.4 Å². The number of hydrogen-bond donors (Lipinski definition) is 4. The number of Topliss-reactive ketones (excluding diaryl/α,β-unsaturated/α-hetero) is 1. The Morgan fingerprint density at radius 2 is 1.65 bits per heavy atom. The summed E-state index contributed by atoms with van der Waals surface area (Å²) in [7, 11) is 0. The third-order valence-electron chi connectivity index (χ3n) is 26.2. The molecule has 13 aliphatic rings. The fraction of sp³-hybridized carbons (Fsp3) is 0.773. The van der Waals surface area contributed by atoms with E-state index in [4.69, 9.17) is 23.4 Å². The largest absolute Gasteiger partial charge is 0.469 e. The van der Waals surface area contributed by atoms with Gasteiger partial charge in [-0.25, -0.2) is 4.79 Å². The quantitative estimate of drug-likeness (QED) is 0.131. The Morgan fingerprint density at radius 3 is 2.46 bits per heavy atom. The molecule has 428 valence electrons. The van der Waals surface area contributed by atoms with Crippen molar-refractivity contribution in [1.29, 1.82) is 0 Å². The zero-order valence-electron chi connectivity index (χ0n) is 47.0. The molecule has 12 fully saturated rings. The number of benzene rings is 1. The molecule has 13 heteroatoms. The van der Waals surface area contributed by atoms with E-state index in [2.05, 4.69) is 66.7 Å². The van der Waals surface area contributed by atoms with Crippen molar-refractivity contribution in [1.82, 2.24) is 10.2 Å². The maximum absolute atomic E-state index is 16.9. The van der Waals surface area contributed by atoms with Gasteiger partial charge in [-0.1, -0.05) is 88.3 Å². The molecule has 79 heavy (non-hydrogen) atoms. The Balaban J connectivity index is 0.861. The maximum atomic E-state index is 16.9. The smallest absolute Gasteiger partial charge is 0.339 e. The van der Waals surface area contributed by atoms with Crippen LogP contribution in [-0.2, 0) is 46.2 Å². The number of furan rings is 1. The standard InChI is InChI=1S/C66H88N2O11/c1-60-25-20-51-64-37-76-59(74)63(27-26-62(36-63)23-9-10-24-62)58(64)79-61(2,43-15-7-4-8-16-43)53(64)52(71)54(72)65(51,44-17-11-14-40(31-44)30-39-12-5-3-6-13-39)66(60)56(78-66)57(73)77-55(60)46-22-29-75-50(46)33-47(49(70)35-69)41-18-19-45-42(32-41)21-28-68-38-67-34-48(45)68/h3,5-6,12-13,21-22,28-29,40-45,47-49,51,53-56,58,67,69-70,72H,4,7-11,14-20,23-27,30-38H2,1-2H3. The molecule has 0 bridgehead atoms. The SMILES string of the molecule is CC1(C2CCCCC2)OC2C3(CCC4(CCCC4)C3)C(=O)OCC23C1C(=O)C(O)C1(C2CCCC(Cc4ccccc4)C2)C3CCC2(C)C(c3ccoc3CC(C(O)CO)C3CCC4C(C=CN5CNCC45)C3)OC(=O)C3OC321. The summed E-state index contributed by atoms with van der Waals surface area (Å²) in [6, 6.07) is 13.1. The minimum atomic E-state index is -1.47. The lowest BCUT2D eigenvalue weighted by atomic mass is 9.31. The first-order valence-electron chi connectivity index (χ1n) is 31.8. The summed E-state index contributed by atoms with van der Waals surface area (Å²) in [5.41, 5.74) is -4.33. The molecular weight excluding hydrogens is 997 g/mol. The summed E-state index contributed by atoms with van der Waals surface area (Å²) in [6.45, 7) is 5.94. The highest BCUT2D eigenvalue weighted by molar-refractivity contribution is 5.93. The average molecular weight is 1090 g/mol. The molecule has 1 aromatic carbocycles. The number of carbonyl (C=O) groups is 3. The number of allylic oxidation sites excluding steroid dienone is 1. The van der Waals surface area contributed by atoms with Gasteiger partial charge in [-0.2, -0.15) is 0 Å². The second-order valence-electron chi connectivity index (χ2n) is 29.2. The van der Waals surface area contributed by atoms with Crippen LogP contribution in [0.3, 0.4) is 0 Å². The molecule has 20 unspecified atom stereocenters. The van der Waals surface area contributed by atoms with Crippen molar-refractivity contribution in [2.75, 3.05) is 26.4 Å². The van der Waals surface area contributed by atoms with Crippen molar-refractivity contribution < 1.29 is 53.1 Å². The normalized spacial score (nSPS) is 47.3. The number of ether oxygens (including phenoxy) is 4. The molecule has 6 aliphatic heterocycles. The summed E-state index contributed by atoms with van der Waals surface area (Å²) in [5.74, 6) is -0.453. The number of ketones is 1. The van der Waals surface area contributed by atoms with E-state index in [0.717, 1.165) is 134 Å². The molecule has 0 radical (unpaired) electrons. The van der Waals surface area contributed by atoms with Gasteiger partial charge in [0.15, 0.2) is 11.9 Å². The zero-order chi connectivity index (χ0) is 53.9. The number of esters is 2. The van der Waals surface area contributed by atoms with Gasteiger partial charge < -0.3 is 43.6 Å². The molecule has 0 amide bonds. The van der Waals surface area contributed by atoms with Gasteiger partial charge in [-0.05, 0) is 174 Å². The van der Waals surface area contributed by atoms with Gasteiger partial charge in [0, 0.05) is 40.8 Å². The summed E-state index contributed by atoms with van der Waals surface area (Å²) >= 11 is 0. The van der Waals surface area contributed by atoms with Crippen molar-refractivity contribution in [2.45, 2.75) is 209 Å². The third-order valence-corrected chi connectivity index (χ3v) is 26.2. The van der Waals surface area contributed by atoms with E-state index < -0.39 is 75.3 Å². The number of nitrogens with one attached hydrogen (secondary N) is 1. The number of hydrogen-bond acceptors (Lipinski definition) is 13. The highest BCUT2D eigenvalue weighted by atomic mass is 16.7. The van der Waals surface area contributed by atoms with Crippen LogP contribution >= 0.6 is 0 Å². The molecule has 5 saturated heterocycles. The Morgan fingerprint density at radius 1 is 0.835 bits per heavy atom. The summed E-state index contributed by atoms with van der Waals surface area (Å²) < 4.78 is 35.7. The number of cyclic esters (lactones) is 2. The number of epoxide rings is 1. The van der Waals surface area contributed by atoms with E-state index in [1.165, 1.54) is 5.56 Å². The first-order chi connectivity index (χ1) is 38.3. The van der Waals surface area contributed by atoms with Crippen molar-refractivity contribution in [3.63, 3.8) is 0 Å². The molecule has 7 aliphatic carbocycles. The first-order valence-corrected chi connectivity index (χ1v) is 31.8. The van der Waals surface area contributed by atoms with Crippen LogP contribution in [0.1, 0.15) is 172 Å². The van der Waals surface area contributed by atoms with Crippen LogP contribution < -0.4 is 5.32 Å². The highest BCUT2D eigenvalue weighted by Crippen LogP contribution is 2.84. The predicted molar refractivity (Wildman–Crippen MR) is 291 cm³/mol. The molecule has 20 atom stereocenters. The zero-order valence-corrected chi connectivity index (χ0v) is 47.0. The van der Waals surface area contributed by atoms with Gasteiger partial charge in [0.2, 0.25) is 0 Å². The molecule has 15 rings (SSSR count). The van der Waals surface area contributed by atoms with Crippen LogP contribution in [0.2, 0.25) is 0 Å². The van der Waals surface area contributed by atoms with Crippen molar-refractivity contribution in [2.24, 2.45) is 80.3 Å². The fourth-order valence-electron chi connectivity index (χ4n) is 23.1. The van der Waals surface area contributed by atoms with Crippen LogP contribution in [0.5, 0.6) is 0 Å². The highest BCUT2D eigenvalue weighted by Gasteiger charge is 2.94. The Kier molecular flexibility index (Phi) is 12.4. The van der Waals surface area contributed by atoms with Crippen molar-refractivity contribution in [3.8, 4) is 0 Å². The molecule has 1 aromatic heterocycles. The van der Waals surface area contributed by atoms with Crippen LogP contribution in [0.15, 0.2) is 59.4 Å². The lowest BCUT2D eigenvalue weighted by Crippen LogP contribution is -2.80. The van der Waals surface area contributed by atoms with Crippen LogP contribution in [0.25, 0.3) is 0 Å². The minimum Gasteiger partial charge on any atom is -0.469 e. The molecule has 4 N–H and O–H groups in total. The van der Waals surface area contributed by atoms with Gasteiger partial charge in [0.05, 0.1) is 48.7 Å². The monoisotopic (exact) mass is 1080 g/mol. The first kappa shape index (κ1) is 52.2. The van der Waals surface area contributed by atoms with Crippen molar-refractivity contribution in [3.05, 3.63) is 71.8 Å². The molecule has 4 spiro atoms. The molecule has 2 aromatic rings. The van der Waals surface area contributed by atoms with Gasteiger partial charge in [-0.3, -0.25) is 14.9 Å².